The molecule has 0 radical (unpaired) electrons. The van der Waals surface area contributed by atoms with Gasteiger partial charge in [-0.1, -0.05) is 37.6 Å². The summed E-state index contributed by atoms with van der Waals surface area (Å²) >= 11 is 5.95. The van der Waals surface area contributed by atoms with Crippen LogP contribution in [0.25, 0.3) is 0 Å². The lowest BCUT2D eigenvalue weighted by Crippen LogP contribution is -2.47. The molecular formula is C15H19ClN2O4. The van der Waals surface area contributed by atoms with Gasteiger partial charge in [0.2, 0.25) is 0 Å². The van der Waals surface area contributed by atoms with Crippen molar-refractivity contribution in [1.82, 2.24) is 5.32 Å². The molecule has 0 saturated carbocycles. The fourth-order valence-electron chi connectivity index (χ4n) is 1.67. The molecule has 0 fully saturated rings. The Labute approximate surface area is 134 Å². The van der Waals surface area contributed by atoms with Gasteiger partial charge in [-0.2, -0.15) is 0 Å². The first kappa shape index (κ1) is 18.0. The Hall–Kier alpha value is -2.08. The number of hydrogen-bond acceptors (Lipinski definition) is 4. The summed E-state index contributed by atoms with van der Waals surface area (Å²) in [6.07, 6.45) is -1.06. The minimum atomic E-state index is -1.06. The van der Waals surface area contributed by atoms with E-state index in [9.17, 15) is 14.4 Å². The maximum atomic E-state index is 12.2. The van der Waals surface area contributed by atoms with E-state index in [1.165, 1.54) is 6.92 Å². The number of amides is 2. The summed E-state index contributed by atoms with van der Waals surface area (Å²) < 4.78 is 4.94. The topological polar surface area (TPSA) is 98.5 Å². The molecule has 0 aliphatic rings. The number of primary amides is 1. The number of benzene rings is 1. The van der Waals surface area contributed by atoms with Gasteiger partial charge in [0.15, 0.2) is 6.10 Å². The third-order valence-corrected chi connectivity index (χ3v) is 3.35. The number of carbonyl (C=O) groups is 3. The van der Waals surface area contributed by atoms with E-state index in [-0.39, 0.29) is 16.5 Å². The SMILES string of the molecule is CC(C)[C@H](NC(=O)c1ccccc1Cl)C(=O)O[C@@H](C)C(N)=O. The molecule has 0 spiro atoms. The number of rotatable bonds is 6. The van der Waals surface area contributed by atoms with Crippen molar-refractivity contribution in [1.29, 1.82) is 0 Å². The maximum absolute atomic E-state index is 12.2. The molecule has 3 N–H and O–H groups in total. The van der Waals surface area contributed by atoms with E-state index in [1.807, 2.05) is 0 Å². The van der Waals surface area contributed by atoms with Crippen molar-refractivity contribution < 1.29 is 19.1 Å². The monoisotopic (exact) mass is 326 g/mol. The molecule has 1 aromatic rings. The lowest BCUT2D eigenvalue weighted by molar-refractivity contribution is -0.156. The highest BCUT2D eigenvalue weighted by molar-refractivity contribution is 6.33. The van der Waals surface area contributed by atoms with Crippen LogP contribution in [0.1, 0.15) is 31.1 Å². The standard InChI is InChI=1S/C15H19ClN2O4/c1-8(2)12(15(21)22-9(3)13(17)19)18-14(20)10-6-4-5-7-11(10)16/h4-9,12H,1-3H3,(H2,17,19)(H,18,20)/t9-,12-/m0/s1. The van der Waals surface area contributed by atoms with Gasteiger partial charge in [-0.05, 0) is 25.0 Å². The molecule has 0 heterocycles. The molecule has 0 aliphatic carbocycles. The molecule has 7 heteroatoms. The number of nitrogens with two attached hydrogens (primary N) is 1. The van der Waals surface area contributed by atoms with E-state index in [0.29, 0.717) is 0 Å². The van der Waals surface area contributed by atoms with Gasteiger partial charge in [0.25, 0.3) is 11.8 Å². The van der Waals surface area contributed by atoms with Crippen LogP contribution in [0.15, 0.2) is 24.3 Å². The number of nitrogens with one attached hydrogen (secondary N) is 1. The maximum Gasteiger partial charge on any atom is 0.329 e. The van der Waals surface area contributed by atoms with Crippen LogP contribution in [0.4, 0.5) is 0 Å². The van der Waals surface area contributed by atoms with Crippen LogP contribution in [0.3, 0.4) is 0 Å². The zero-order valence-corrected chi connectivity index (χ0v) is 13.4. The third kappa shape index (κ3) is 4.73. The molecule has 0 bridgehead atoms. The van der Waals surface area contributed by atoms with Crippen LogP contribution in [0.5, 0.6) is 0 Å². The van der Waals surface area contributed by atoms with E-state index in [1.54, 1.807) is 38.1 Å². The zero-order valence-electron chi connectivity index (χ0n) is 12.6. The first-order valence-electron chi connectivity index (χ1n) is 6.79. The number of halogens is 1. The summed E-state index contributed by atoms with van der Waals surface area (Å²) in [5.74, 6) is -2.21. The Bertz CT molecular complexity index is 574. The molecule has 0 aromatic heterocycles. The quantitative estimate of drug-likeness (QED) is 0.774. The molecule has 0 unspecified atom stereocenters. The van der Waals surface area contributed by atoms with Gasteiger partial charge in [0, 0.05) is 0 Å². The van der Waals surface area contributed by atoms with Crippen LogP contribution < -0.4 is 11.1 Å². The number of ether oxygens (including phenoxy) is 1. The van der Waals surface area contributed by atoms with Crippen molar-refractivity contribution in [2.75, 3.05) is 0 Å². The normalized spacial score (nSPS) is 13.3. The first-order valence-corrected chi connectivity index (χ1v) is 7.17. The van der Waals surface area contributed by atoms with Gasteiger partial charge in [0.1, 0.15) is 6.04 Å². The lowest BCUT2D eigenvalue weighted by Gasteiger charge is -2.22. The number of esters is 1. The summed E-state index contributed by atoms with van der Waals surface area (Å²) in [4.78, 5) is 35.2. The van der Waals surface area contributed by atoms with Crippen LogP contribution in [0.2, 0.25) is 5.02 Å². The van der Waals surface area contributed by atoms with Crippen molar-refractivity contribution in [3.05, 3.63) is 34.9 Å². The molecule has 2 amide bonds. The predicted octanol–water partition coefficient (Wildman–Crippen LogP) is 1.51. The van der Waals surface area contributed by atoms with E-state index in [2.05, 4.69) is 5.32 Å². The van der Waals surface area contributed by atoms with Gasteiger partial charge >= 0.3 is 5.97 Å². The Morgan fingerprint density at radius 3 is 2.27 bits per heavy atom. The minimum Gasteiger partial charge on any atom is -0.451 e. The second kappa shape index (κ2) is 7.79. The summed E-state index contributed by atoms with van der Waals surface area (Å²) in [5.41, 5.74) is 5.31. The van der Waals surface area contributed by atoms with E-state index < -0.39 is 29.9 Å². The second-order valence-electron chi connectivity index (χ2n) is 5.16. The van der Waals surface area contributed by atoms with Crippen molar-refractivity contribution in [3.63, 3.8) is 0 Å². The lowest BCUT2D eigenvalue weighted by atomic mass is 10.0. The van der Waals surface area contributed by atoms with Crippen LogP contribution >= 0.6 is 11.6 Å². The number of hydrogen-bond donors (Lipinski definition) is 2. The minimum absolute atomic E-state index is 0.237. The van der Waals surface area contributed by atoms with Crippen LogP contribution in [-0.2, 0) is 14.3 Å². The van der Waals surface area contributed by atoms with Crippen LogP contribution in [0, 0.1) is 5.92 Å². The zero-order chi connectivity index (χ0) is 16.9. The van der Waals surface area contributed by atoms with Crippen molar-refractivity contribution >= 4 is 29.4 Å². The molecular weight excluding hydrogens is 308 g/mol. The van der Waals surface area contributed by atoms with Crippen molar-refractivity contribution in [2.45, 2.75) is 32.9 Å². The molecule has 2 atom stereocenters. The summed E-state index contributed by atoms with van der Waals surface area (Å²) in [6, 6.07) is 5.58. The van der Waals surface area contributed by atoms with Crippen LogP contribution in [-0.4, -0.2) is 29.9 Å². The molecule has 22 heavy (non-hydrogen) atoms. The molecule has 1 aromatic carbocycles. The smallest absolute Gasteiger partial charge is 0.329 e. The molecule has 0 saturated heterocycles. The Kier molecular flexibility index (Phi) is 6.37. The average Bonchev–Trinajstić information content (AvgIpc) is 2.44. The van der Waals surface area contributed by atoms with E-state index in [4.69, 9.17) is 22.1 Å². The summed E-state index contributed by atoms with van der Waals surface area (Å²) in [7, 11) is 0. The first-order chi connectivity index (χ1) is 10.2. The van der Waals surface area contributed by atoms with Crippen molar-refractivity contribution in [2.24, 2.45) is 11.7 Å². The van der Waals surface area contributed by atoms with Gasteiger partial charge in [-0.15, -0.1) is 0 Å². The fraction of sp³-hybridized carbons (Fsp3) is 0.400. The highest BCUT2D eigenvalue weighted by atomic mass is 35.5. The molecule has 120 valence electrons. The van der Waals surface area contributed by atoms with E-state index >= 15 is 0 Å². The van der Waals surface area contributed by atoms with Gasteiger partial charge in [-0.3, -0.25) is 9.59 Å². The average molecular weight is 327 g/mol. The predicted molar refractivity (Wildman–Crippen MR) is 82.3 cm³/mol. The largest absolute Gasteiger partial charge is 0.451 e. The Morgan fingerprint density at radius 1 is 1.18 bits per heavy atom. The summed E-state index contributed by atoms with van der Waals surface area (Å²) in [6.45, 7) is 4.86. The fourth-order valence-corrected chi connectivity index (χ4v) is 1.89. The Morgan fingerprint density at radius 2 is 1.77 bits per heavy atom. The van der Waals surface area contributed by atoms with Gasteiger partial charge in [0.05, 0.1) is 10.6 Å². The van der Waals surface area contributed by atoms with Gasteiger partial charge < -0.3 is 15.8 Å². The second-order valence-corrected chi connectivity index (χ2v) is 5.56. The highest BCUT2D eigenvalue weighted by Crippen LogP contribution is 2.16. The molecule has 0 aliphatic heterocycles. The number of carbonyl (C=O) groups excluding carboxylic acids is 3. The third-order valence-electron chi connectivity index (χ3n) is 3.02. The highest BCUT2D eigenvalue weighted by Gasteiger charge is 2.29. The Balaban J connectivity index is 2.84. The summed E-state index contributed by atoms with van der Waals surface area (Å²) in [5, 5.41) is 2.85. The van der Waals surface area contributed by atoms with E-state index in [0.717, 1.165) is 0 Å². The van der Waals surface area contributed by atoms with Crippen molar-refractivity contribution in [3.8, 4) is 0 Å². The van der Waals surface area contributed by atoms with Gasteiger partial charge in [-0.25, -0.2) is 4.79 Å². The molecule has 1 rings (SSSR count). The molecule has 6 nitrogen and oxygen atoms in total.